The summed E-state index contributed by atoms with van der Waals surface area (Å²) in [4.78, 5) is 12.6. The minimum absolute atomic E-state index is 0.137. The maximum absolute atomic E-state index is 11.5. The van der Waals surface area contributed by atoms with Crippen LogP contribution in [0.1, 0.15) is 10.6 Å². The number of carbonyl (C=O) groups excluding carboxylic acids is 1. The number of hydrogen-bond donors (Lipinski definition) is 1. The Morgan fingerprint density at radius 3 is 3.06 bits per heavy atom. The molecule has 0 saturated carbocycles. The first-order valence-electron chi connectivity index (χ1n) is 4.97. The number of halogens is 1. The molecule has 0 atom stereocenters. The summed E-state index contributed by atoms with van der Waals surface area (Å²) < 4.78 is 6.11. The van der Waals surface area contributed by atoms with Crippen LogP contribution in [-0.2, 0) is 11.3 Å². The van der Waals surface area contributed by atoms with Crippen molar-refractivity contribution >= 4 is 39.2 Å². The van der Waals surface area contributed by atoms with Crippen LogP contribution in [0.15, 0.2) is 44.8 Å². The average Bonchev–Trinajstić information content (AvgIpc) is 2.95. The number of furan rings is 1. The zero-order valence-electron chi connectivity index (χ0n) is 8.85. The van der Waals surface area contributed by atoms with Gasteiger partial charge in [-0.15, -0.1) is 11.3 Å². The maximum Gasteiger partial charge on any atom is 0.244 e. The normalized spacial score (nSPS) is 10.9. The van der Waals surface area contributed by atoms with Crippen LogP contribution in [-0.4, -0.2) is 5.91 Å². The van der Waals surface area contributed by atoms with E-state index >= 15 is 0 Å². The van der Waals surface area contributed by atoms with Gasteiger partial charge in [-0.3, -0.25) is 4.79 Å². The number of hydrogen-bond acceptors (Lipinski definition) is 3. The lowest BCUT2D eigenvalue weighted by atomic mass is 10.4. The highest BCUT2D eigenvalue weighted by atomic mass is 79.9. The fourth-order valence-electron chi connectivity index (χ4n) is 1.22. The van der Waals surface area contributed by atoms with Gasteiger partial charge in [0.1, 0.15) is 5.76 Å². The van der Waals surface area contributed by atoms with Crippen LogP contribution in [0.2, 0.25) is 0 Å². The van der Waals surface area contributed by atoms with Crippen LogP contribution in [0.3, 0.4) is 0 Å². The SMILES string of the molecule is O=C(C=Cc1ccco1)NCc1sccc1Br. The van der Waals surface area contributed by atoms with E-state index in [0.717, 1.165) is 9.35 Å². The van der Waals surface area contributed by atoms with Gasteiger partial charge in [-0.25, -0.2) is 0 Å². The Labute approximate surface area is 111 Å². The molecule has 0 unspecified atom stereocenters. The number of thiophene rings is 1. The molecule has 0 aromatic carbocycles. The molecule has 0 aliphatic carbocycles. The standard InChI is InChI=1S/C12H10BrNO2S/c13-10-5-7-17-11(10)8-14-12(15)4-3-9-2-1-6-16-9/h1-7H,8H2,(H,14,15). The topological polar surface area (TPSA) is 42.2 Å². The van der Waals surface area contributed by atoms with Crippen molar-refractivity contribution in [3.8, 4) is 0 Å². The fourth-order valence-corrected chi connectivity index (χ4v) is 2.65. The summed E-state index contributed by atoms with van der Waals surface area (Å²) >= 11 is 5.02. The summed E-state index contributed by atoms with van der Waals surface area (Å²) in [6.45, 7) is 0.527. The molecule has 2 heterocycles. The highest BCUT2D eigenvalue weighted by molar-refractivity contribution is 9.10. The predicted octanol–water partition coefficient (Wildman–Crippen LogP) is 3.43. The second kappa shape index (κ2) is 5.84. The third-order valence-electron chi connectivity index (χ3n) is 2.06. The van der Waals surface area contributed by atoms with Crippen molar-refractivity contribution < 1.29 is 9.21 Å². The van der Waals surface area contributed by atoms with Crippen LogP contribution in [0.4, 0.5) is 0 Å². The van der Waals surface area contributed by atoms with E-state index in [0.29, 0.717) is 12.3 Å². The van der Waals surface area contributed by atoms with E-state index in [1.54, 1.807) is 35.8 Å². The second-order valence-electron chi connectivity index (χ2n) is 3.26. The lowest BCUT2D eigenvalue weighted by molar-refractivity contribution is -0.116. The highest BCUT2D eigenvalue weighted by Crippen LogP contribution is 2.22. The lowest BCUT2D eigenvalue weighted by Gasteiger charge is -1.99. The molecule has 1 N–H and O–H groups in total. The van der Waals surface area contributed by atoms with Gasteiger partial charge in [0.15, 0.2) is 0 Å². The van der Waals surface area contributed by atoms with Crippen molar-refractivity contribution in [2.45, 2.75) is 6.54 Å². The molecule has 0 saturated heterocycles. The van der Waals surface area contributed by atoms with Gasteiger partial charge in [0.25, 0.3) is 0 Å². The quantitative estimate of drug-likeness (QED) is 0.879. The minimum Gasteiger partial charge on any atom is -0.465 e. The van der Waals surface area contributed by atoms with E-state index in [2.05, 4.69) is 21.2 Å². The molecule has 0 aliphatic heterocycles. The van der Waals surface area contributed by atoms with Crippen LogP contribution in [0.5, 0.6) is 0 Å². The molecule has 3 nitrogen and oxygen atoms in total. The van der Waals surface area contributed by atoms with Gasteiger partial charge >= 0.3 is 0 Å². The smallest absolute Gasteiger partial charge is 0.244 e. The van der Waals surface area contributed by atoms with E-state index in [1.165, 1.54) is 6.08 Å². The van der Waals surface area contributed by atoms with E-state index in [1.807, 2.05) is 11.4 Å². The van der Waals surface area contributed by atoms with Gasteiger partial charge in [0, 0.05) is 15.4 Å². The van der Waals surface area contributed by atoms with Gasteiger partial charge < -0.3 is 9.73 Å². The zero-order valence-corrected chi connectivity index (χ0v) is 11.3. The number of rotatable bonds is 4. The van der Waals surface area contributed by atoms with E-state index < -0.39 is 0 Å². The van der Waals surface area contributed by atoms with E-state index in [4.69, 9.17) is 4.42 Å². The Kier molecular flexibility index (Phi) is 4.17. The zero-order chi connectivity index (χ0) is 12.1. The molecular formula is C12H10BrNO2S. The van der Waals surface area contributed by atoms with E-state index in [-0.39, 0.29) is 5.91 Å². The van der Waals surface area contributed by atoms with Crippen molar-refractivity contribution in [3.63, 3.8) is 0 Å². The summed E-state index contributed by atoms with van der Waals surface area (Å²) in [5.41, 5.74) is 0. The summed E-state index contributed by atoms with van der Waals surface area (Å²) in [5.74, 6) is 0.527. The second-order valence-corrected chi connectivity index (χ2v) is 5.11. The Hall–Kier alpha value is -1.33. The minimum atomic E-state index is -0.137. The third kappa shape index (κ3) is 3.57. The van der Waals surface area contributed by atoms with E-state index in [9.17, 15) is 4.79 Å². The van der Waals surface area contributed by atoms with Gasteiger partial charge in [-0.05, 0) is 45.6 Å². The molecule has 0 fully saturated rings. The average molecular weight is 312 g/mol. The summed E-state index contributed by atoms with van der Waals surface area (Å²) in [6, 6.07) is 5.53. The largest absolute Gasteiger partial charge is 0.465 e. The molecule has 0 aliphatic rings. The molecule has 0 spiro atoms. The summed E-state index contributed by atoms with van der Waals surface area (Å²) in [5, 5.41) is 4.78. The summed E-state index contributed by atoms with van der Waals surface area (Å²) in [6.07, 6.45) is 4.67. The lowest BCUT2D eigenvalue weighted by Crippen LogP contribution is -2.19. The molecule has 2 aromatic rings. The molecule has 17 heavy (non-hydrogen) atoms. The molecule has 5 heteroatoms. The number of carbonyl (C=O) groups is 1. The fraction of sp³-hybridized carbons (Fsp3) is 0.0833. The Bertz CT molecular complexity index is 516. The van der Waals surface area contributed by atoms with Crippen molar-refractivity contribution in [2.24, 2.45) is 0 Å². The predicted molar refractivity (Wildman–Crippen MR) is 71.6 cm³/mol. The van der Waals surface area contributed by atoms with Crippen LogP contribution < -0.4 is 5.32 Å². The Balaban J connectivity index is 1.84. The van der Waals surface area contributed by atoms with Crippen LogP contribution in [0.25, 0.3) is 6.08 Å². The molecule has 2 aromatic heterocycles. The Morgan fingerprint density at radius 1 is 1.53 bits per heavy atom. The van der Waals surface area contributed by atoms with Crippen molar-refractivity contribution in [2.75, 3.05) is 0 Å². The molecular weight excluding hydrogens is 302 g/mol. The molecule has 2 rings (SSSR count). The van der Waals surface area contributed by atoms with Gasteiger partial charge in [0.2, 0.25) is 5.91 Å². The third-order valence-corrected chi connectivity index (χ3v) is 3.98. The molecule has 0 bridgehead atoms. The molecule has 1 amide bonds. The van der Waals surface area contributed by atoms with Gasteiger partial charge in [0.05, 0.1) is 12.8 Å². The first kappa shape index (κ1) is 12.1. The highest BCUT2D eigenvalue weighted by Gasteiger charge is 2.02. The number of amides is 1. The molecule has 0 radical (unpaired) electrons. The van der Waals surface area contributed by atoms with Crippen LogP contribution >= 0.6 is 27.3 Å². The van der Waals surface area contributed by atoms with Crippen LogP contribution in [0, 0.1) is 0 Å². The van der Waals surface area contributed by atoms with Crippen molar-refractivity contribution in [3.05, 3.63) is 51.0 Å². The maximum atomic E-state index is 11.5. The van der Waals surface area contributed by atoms with Gasteiger partial charge in [-0.1, -0.05) is 0 Å². The van der Waals surface area contributed by atoms with Crippen molar-refractivity contribution in [1.82, 2.24) is 5.32 Å². The van der Waals surface area contributed by atoms with Gasteiger partial charge in [-0.2, -0.15) is 0 Å². The first-order chi connectivity index (χ1) is 8.25. The summed E-state index contributed by atoms with van der Waals surface area (Å²) in [7, 11) is 0. The number of nitrogens with one attached hydrogen (secondary N) is 1. The Morgan fingerprint density at radius 2 is 2.41 bits per heavy atom. The monoisotopic (exact) mass is 311 g/mol. The molecule has 88 valence electrons. The van der Waals surface area contributed by atoms with Crippen molar-refractivity contribution in [1.29, 1.82) is 0 Å². The first-order valence-corrected chi connectivity index (χ1v) is 6.64.